The van der Waals surface area contributed by atoms with Gasteiger partial charge in [-0.25, -0.2) is 0 Å². The number of furan rings is 1. The fourth-order valence-electron chi connectivity index (χ4n) is 1.84. The average Bonchev–Trinajstić information content (AvgIpc) is 2.63. The van der Waals surface area contributed by atoms with Gasteiger partial charge in [-0.15, -0.1) is 0 Å². The molecule has 0 spiro atoms. The number of ether oxygens (including phenoxy) is 1. The first-order valence-corrected chi connectivity index (χ1v) is 4.65. The SMILES string of the molecule is COC(C)C1NCCc2occc21. The van der Waals surface area contributed by atoms with E-state index in [0.29, 0.717) is 0 Å². The van der Waals surface area contributed by atoms with E-state index in [0.717, 1.165) is 18.7 Å². The third-order valence-electron chi connectivity index (χ3n) is 2.67. The van der Waals surface area contributed by atoms with E-state index in [1.165, 1.54) is 5.56 Å². The van der Waals surface area contributed by atoms with Crippen LogP contribution in [0.4, 0.5) is 0 Å². The Morgan fingerprint density at radius 3 is 3.31 bits per heavy atom. The highest BCUT2D eigenvalue weighted by Gasteiger charge is 2.26. The highest BCUT2D eigenvalue weighted by molar-refractivity contribution is 5.25. The first-order valence-electron chi connectivity index (χ1n) is 4.65. The van der Waals surface area contributed by atoms with Crippen LogP contribution in [0.15, 0.2) is 16.7 Å². The average molecular weight is 181 g/mol. The molecule has 0 aliphatic carbocycles. The molecule has 1 aromatic rings. The summed E-state index contributed by atoms with van der Waals surface area (Å²) >= 11 is 0. The van der Waals surface area contributed by atoms with E-state index in [2.05, 4.69) is 12.2 Å². The molecule has 0 aromatic carbocycles. The lowest BCUT2D eigenvalue weighted by atomic mass is 9.98. The number of hydrogen-bond donors (Lipinski definition) is 1. The van der Waals surface area contributed by atoms with Crippen molar-refractivity contribution < 1.29 is 9.15 Å². The Labute approximate surface area is 78.1 Å². The molecule has 2 rings (SSSR count). The second kappa shape index (κ2) is 3.52. The van der Waals surface area contributed by atoms with E-state index >= 15 is 0 Å². The molecule has 0 saturated carbocycles. The molecule has 72 valence electrons. The maximum absolute atomic E-state index is 5.39. The zero-order valence-corrected chi connectivity index (χ0v) is 8.04. The van der Waals surface area contributed by atoms with Gasteiger partial charge in [0.25, 0.3) is 0 Å². The molecule has 1 aliphatic rings. The smallest absolute Gasteiger partial charge is 0.109 e. The van der Waals surface area contributed by atoms with Gasteiger partial charge in [0, 0.05) is 25.6 Å². The summed E-state index contributed by atoms with van der Waals surface area (Å²) in [6.07, 6.45) is 2.93. The van der Waals surface area contributed by atoms with Crippen molar-refractivity contribution >= 4 is 0 Å². The molecule has 0 bridgehead atoms. The number of rotatable bonds is 2. The third kappa shape index (κ3) is 1.49. The highest BCUT2D eigenvalue weighted by atomic mass is 16.5. The highest BCUT2D eigenvalue weighted by Crippen LogP contribution is 2.27. The summed E-state index contributed by atoms with van der Waals surface area (Å²) < 4.78 is 10.7. The molecule has 0 radical (unpaired) electrons. The second-order valence-corrected chi connectivity index (χ2v) is 3.42. The van der Waals surface area contributed by atoms with Crippen LogP contribution >= 0.6 is 0 Å². The van der Waals surface area contributed by atoms with Gasteiger partial charge in [0.1, 0.15) is 5.76 Å². The Morgan fingerprint density at radius 2 is 2.54 bits per heavy atom. The summed E-state index contributed by atoms with van der Waals surface area (Å²) in [6, 6.07) is 2.31. The fourth-order valence-corrected chi connectivity index (χ4v) is 1.84. The van der Waals surface area contributed by atoms with Crippen molar-refractivity contribution in [3.63, 3.8) is 0 Å². The molecular weight excluding hydrogens is 166 g/mol. The van der Waals surface area contributed by atoms with Crippen LogP contribution in [0.2, 0.25) is 0 Å². The molecule has 1 aromatic heterocycles. The van der Waals surface area contributed by atoms with E-state index in [-0.39, 0.29) is 12.1 Å². The summed E-state index contributed by atoms with van der Waals surface area (Å²) in [5.41, 5.74) is 1.25. The fraction of sp³-hybridized carbons (Fsp3) is 0.600. The van der Waals surface area contributed by atoms with Gasteiger partial charge < -0.3 is 14.5 Å². The largest absolute Gasteiger partial charge is 0.469 e. The Balaban J connectivity index is 2.24. The first kappa shape index (κ1) is 8.78. The van der Waals surface area contributed by atoms with Crippen LogP contribution in [0.5, 0.6) is 0 Å². The Morgan fingerprint density at radius 1 is 1.69 bits per heavy atom. The molecule has 13 heavy (non-hydrogen) atoms. The molecule has 2 unspecified atom stereocenters. The Bertz CT molecular complexity index is 282. The van der Waals surface area contributed by atoms with Crippen molar-refractivity contribution in [2.75, 3.05) is 13.7 Å². The van der Waals surface area contributed by atoms with Crippen molar-refractivity contribution in [3.05, 3.63) is 23.7 Å². The summed E-state index contributed by atoms with van der Waals surface area (Å²) in [4.78, 5) is 0. The number of fused-ring (bicyclic) bond motifs is 1. The lowest BCUT2D eigenvalue weighted by Crippen LogP contribution is -2.36. The number of hydrogen-bond acceptors (Lipinski definition) is 3. The predicted octanol–water partition coefficient (Wildman–Crippen LogP) is 1.50. The quantitative estimate of drug-likeness (QED) is 0.750. The van der Waals surface area contributed by atoms with Crippen LogP contribution < -0.4 is 5.32 Å². The van der Waals surface area contributed by atoms with E-state index in [9.17, 15) is 0 Å². The topological polar surface area (TPSA) is 34.4 Å². The summed E-state index contributed by atoms with van der Waals surface area (Å²) in [5.74, 6) is 1.10. The van der Waals surface area contributed by atoms with Crippen molar-refractivity contribution in [1.82, 2.24) is 5.32 Å². The van der Waals surface area contributed by atoms with Crippen LogP contribution in [0, 0.1) is 0 Å². The van der Waals surface area contributed by atoms with Gasteiger partial charge in [-0.2, -0.15) is 0 Å². The molecule has 1 aliphatic heterocycles. The Kier molecular flexibility index (Phi) is 2.38. The van der Waals surface area contributed by atoms with Gasteiger partial charge >= 0.3 is 0 Å². The monoisotopic (exact) mass is 181 g/mol. The molecule has 0 fully saturated rings. The molecule has 2 atom stereocenters. The van der Waals surface area contributed by atoms with E-state index in [1.54, 1.807) is 13.4 Å². The first-order chi connectivity index (χ1) is 6.33. The zero-order valence-electron chi connectivity index (χ0n) is 8.04. The van der Waals surface area contributed by atoms with E-state index in [4.69, 9.17) is 9.15 Å². The molecule has 0 amide bonds. The van der Waals surface area contributed by atoms with Crippen LogP contribution in [-0.4, -0.2) is 19.8 Å². The van der Waals surface area contributed by atoms with Crippen molar-refractivity contribution in [1.29, 1.82) is 0 Å². The number of methoxy groups -OCH3 is 1. The summed E-state index contributed by atoms with van der Waals surface area (Å²) in [7, 11) is 1.74. The standard InChI is InChI=1S/C10H15NO2/c1-7(12-2)10-8-4-6-13-9(8)3-5-11-10/h4,6-7,10-11H,3,5H2,1-2H3. The zero-order chi connectivity index (χ0) is 9.26. The van der Waals surface area contributed by atoms with Crippen LogP contribution in [-0.2, 0) is 11.2 Å². The molecule has 3 heteroatoms. The van der Waals surface area contributed by atoms with Crippen LogP contribution in [0.25, 0.3) is 0 Å². The minimum atomic E-state index is 0.191. The van der Waals surface area contributed by atoms with Gasteiger partial charge in [-0.1, -0.05) is 0 Å². The molecule has 3 nitrogen and oxygen atoms in total. The van der Waals surface area contributed by atoms with Gasteiger partial charge in [0.15, 0.2) is 0 Å². The maximum atomic E-state index is 5.39. The Hall–Kier alpha value is -0.800. The van der Waals surface area contributed by atoms with Gasteiger partial charge in [-0.05, 0) is 13.0 Å². The molecule has 0 saturated heterocycles. The summed E-state index contributed by atoms with van der Waals surface area (Å²) in [6.45, 7) is 3.04. The van der Waals surface area contributed by atoms with E-state index in [1.807, 2.05) is 6.07 Å². The molecule has 1 N–H and O–H groups in total. The van der Waals surface area contributed by atoms with Crippen LogP contribution in [0.3, 0.4) is 0 Å². The van der Waals surface area contributed by atoms with Crippen molar-refractivity contribution in [2.24, 2.45) is 0 Å². The summed E-state index contributed by atoms with van der Waals surface area (Å²) in [5, 5.41) is 3.43. The van der Waals surface area contributed by atoms with Crippen molar-refractivity contribution in [2.45, 2.75) is 25.5 Å². The minimum absolute atomic E-state index is 0.191. The van der Waals surface area contributed by atoms with Crippen molar-refractivity contribution in [3.8, 4) is 0 Å². The van der Waals surface area contributed by atoms with Gasteiger partial charge in [0.2, 0.25) is 0 Å². The second-order valence-electron chi connectivity index (χ2n) is 3.42. The van der Waals surface area contributed by atoms with Gasteiger partial charge in [-0.3, -0.25) is 0 Å². The van der Waals surface area contributed by atoms with E-state index < -0.39 is 0 Å². The lowest BCUT2D eigenvalue weighted by molar-refractivity contribution is 0.0798. The maximum Gasteiger partial charge on any atom is 0.109 e. The van der Waals surface area contributed by atoms with Gasteiger partial charge in [0.05, 0.1) is 18.4 Å². The molecule has 2 heterocycles. The third-order valence-corrected chi connectivity index (χ3v) is 2.67. The minimum Gasteiger partial charge on any atom is -0.469 e. The molecular formula is C10H15NO2. The lowest BCUT2D eigenvalue weighted by Gasteiger charge is -2.27. The predicted molar refractivity (Wildman–Crippen MR) is 49.6 cm³/mol. The number of nitrogens with one attached hydrogen (secondary N) is 1. The van der Waals surface area contributed by atoms with Crippen LogP contribution in [0.1, 0.15) is 24.3 Å². The normalized spacial score (nSPS) is 24.0.